The van der Waals surface area contributed by atoms with E-state index in [9.17, 15) is 19.2 Å². The Morgan fingerprint density at radius 1 is 0.755 bits per heavy atom. The molecule has 1 N–H and O–H groups in total. The molecule has 1 saturated heterocycles. The lowest BCUT2D eigenvalue weighted by Crippen LogP contribution is -2.36. The summed E-state index contributed by atoms with van der Waals surface area (Å²) in [5, 5.41) is 2.06. The second-order valence-corrected chi connectivity index (χ2v) is 13.8. The lowest BCUT2D eigenvalue weighted by atomic mass is 9.99. The Balaban J connectivity index is 1.13. The number of carbonyl (C=O) groups is 3. The zero-order chi connectivity index (χ0) is 34.1. The Hall–Kier alpha value is -5.48. The van der Waals surface area contributed by atoms with Crippen LogP contribution in [-0.2, 0) is 14.3 Å². The Morgan fingerprint density at radius 2 is 1.27 bits per heavy atom. The first kappa shape index (κ1) is 32.1. The molecule has 49 heavy (non-hydrogen) atoms. The first-order valence-electron chi connectivity index (χ1n) is 16.0. The summed E-state index contributed by atoms with van der Waals surface area (Å²) >= 11 is 1.45. The summed E-state index contributed by atoms with van der Waals surface area (Å²) in [6.07, 6.45) is 0.798. The normalized spacial score (nSPS) is 22.3. The number of nitrogens with zero attached hydrogens (tertiary/aromatic N) is 2. The Bertz CT molecular complexity index is 2070. The van der Waals surface area contributed by atoms with Crippen molar-refractivity contribution in [2.75, 3.05) is 5.32 Å². The van der Waals surface area contributed by atoms with Crippen LogP contribution in [0.25, 0.3) is 22.3 Å². The maximum absolute atomic E-state index is 13.6. The summed E-state index contributed by atoms with van der Waals surface area (Å²) in [4.78, 5) is 55.7. The highest BCUT2D eigenvalue weighted by Crippen LogP contribution is 2.66. The molecule has 0 radical (unpaired) electrons. The average molecular weight is 672 g/mol. The van der Waals surface area contributed by atoms with Crippen LogP contribution in [0.1, 0.15) is 46.4 Å². The van der Waals surface area contributed by atoms with Gasteiger partial charge < -0.3 is 14.8 Å². The van der Waals surface area contributed by atoms with Crippen LogP contribution in [0.2, 0.25) is 0 Å². The maximum Gasteiger partial charge on any atom is 0.350 e. The summed E-state index contributed by atoms with van der Waals surface area (Å²) in [7, 11) is 0. The minimum Gasteiger partial charge on any atom is -0.457 e. The maximum atomic E-state index is 13.6. The van der Waals surface area contributed by atoms with Gasteiger partial charge in [0.2, 0.25) is 5.91 Å². The Morgan fingerprint density at radius 3 is 1.78 bits per heavy atom. The SMILES string of the molecule is CC(=O)Nc1ccn([C@@H]2SC3(CC3OC(=O)c3ccc(-c4ccccc4)cc3)[C@@H](OC(=O)c3ccc(-c4ccccc4)cc3)[C@@H]2C)c(=O)n1. The number of aromatic nitrogens is 2. The molecule has 246 valence electrons. The molecule has 2 aliphatic rings. The van der Waals surface area contributed by atoms with E-state index in [0.29, 0.717) is 17.5 Å². The fraction of sp³-hybridized carbons (Fsp3) is 0.205. The van der Waals surface area contributed by atoms with Gasteiger partial charge >= 0.3 is 17.6 Å². The summed E-state index contributed by atoms with van der Waals surface area (Å²) in [5.41, 5.74) is 4.28. The summed E-state index contributed by atoms with van der Waals surface area (Å²) in [5.74, 6) is -1.52. The number of esters is 2. The first-order valence-corrected chi connectivity index (χ1v) is 16.9. The minimum atomic E-state index is -0.765. The number of amides is 1. The largest absolute Gasteiger partial charge is 0.457 e. The Labute approximate surface area is 287 Å². The summed E-state index contributed by atoms with van der Waals surface area (Å²) in [6, 6.07) is 35.8. The van der Waals surface area contributed by atoms with Gasteiger partial charge in [0, 0.05) is 25.5 Å². The fourth-order valence-electron chi connectivity index (χ4n) is 6.40. The molecule has 1 amide bonds. The Kier molecular flexibility index (Phi) is 8.64. The predicted octanol–water partition coefficient (Wildman–Crippen LogP) is 7.01. The van der Waals surface area contributed by atoms with Crippen molar-refractivity contribution in [3.63, 3.8) is 0 Å². The number of hydrogen-bond donors (Lipinski definition) is 1. The van der Waals surface area contributed by atoms with Gasteiger partial charge in [-0.2, -0.15) is 4.98 Å². The zero-order valence-electron chi connectivity index (χ0n) is 26.8. The van der Waals surface area contributed by atoms with E-state index in [2.05, 4.69) is 10.3 Å². The molecule has 5 aromatic rings. The quantitative estimate of drug-likeness (QED) is 0.175. The molecule has 10 heteroatoms. The molecule has 1 spiro atoms. The predicted molar refractivity (Wildman–Crippen MR) is 188 cm³/mol. The third-order valence-electron chi connectivity index (χ3n) is 8.99. The first-order chi connectivity index (χ1) is 23.7. The van der Waals surface area contributed by atoms with E-state index in [1.807, 2.05) is 91.9 Å². The molecular weight excluding hydrogens is 639 g/mol. The molecule has 1 aliphatic heterocycles. The van der Waals surface area contributed by atoms with Crippen LogP contribution in [0.4, 0.5) is 5.82 Å². The molecule has 2 fully saturated rings. The van der Waals surface area contributed by atoms with Gasteiger partial charge in [-0.05, 0) is 52.6 Å². The summed E-state index contributed by atoms with van der Waals surface area (Å²) in [6.45, 7) is 3.25. The van der Waals surface area contributed by atoms with Gasteiger partial charge in [0.15, 0.2) is 0 Å². The number of ether oxygens (including phenoxy) is 2. The topological polar surface area (TPSA) is 117 Å². The van der Waals surface area contributed by atoms with E-state index in [-0.39, 0.29) is 17.6 Å². The van der Waals surface area contributed by atoms with E-state index >= 15 is 0 Å². The molecule has 0 bridgehead atoms. The van der Waals surface area contributed by atoms with Crippen molar-refractivity contribution in [1.82, 2.24) is 9.55 Å². The fourth-order valence-corrected chi connectivity index (χ4v) is 8.33. The standard InChI is InChI=1S/C39H33N3O6S/c1-24-34(48-37(45)31-19-15-29(16-20-31)27-11-7-4-8-12-27)39(49-35(24)42-22-21-33(40-25(2)43)41-38(42)46)23-32(39)47-36(44)30-17-13-28(14-18-30)26-9-5-3-6-10-26/h3-22,24,32,34-35H,23H2,1-2H3,(H,40,41,43,46)/t24-,32?,34-,35+,39?/m0/s1. The van der Waals surface area contributed by atoms with Crippen molar-refractivity contribution in [2.24, 2.45) is 5.92 Å². The average Bonchev–Trinajstić information content (AvgIpc) is 3.74. The van der Waals surface area contributed by atoms with Gasteiger partial charge in [0.05, 0.1) is 21.2 Å². The van der Waals surface area contributed by atoms with Crippen LogP contribution in [0.3, 0.4) is 0 Å². The van der Waals surface area contributed by atoms with Gasteiger partial charge in [-0.3, -0.25) is 9.36 Å². The second kappa shape index (κ2) is 13.2. The third-order valence-corrected chi connectivity index (χ3v) is 11.0. The monoisotopic (exact) mass is 671 g/mol. The van der Waals surface area contributed by atoms with Gasteiger partial charge in [0.1, 0.15) is 18.0 Å². The minimum absolute atomic E-state index is 0.151. The number of carbonyl (C=O) groups excluding carboxylic acids is 3. The van der Waals surface area contributed by atoms with Crippen molar-refractivity contribution >= 4 is 35.4 Å². The van der Waals surface area contributed by atoms with Crippen molar-refractivity contribution < 1.29 is 23.9 Å². The molecule has 1 aromatic heterocycles. The molecule has 1 saturated carbocycles. The van der Waals surface area contributed by atoms with E-state index in [4.69, 9.17) is 9.47 Å². The highest BCUT2D eigenvalue weighted by atomic mass is 32.2. The number of benzene rings is 4. The highest BCUT2D eigenvalue weighted by Gasteiger charge is 2.71. The number of anilines is 1. The van der Waals surface area contributed by atoms with E-state index in [1.54, 1.807) is 36.5 Å². The van der Waals surface area contributed by atoms with Crippen molar-refractivity contribution in [2.45, 2.75) is 42.6 Å². The zero-order valence-corrected chi connectivity index (χ0v) is 27.6. The molecule has 7 rings (SSSR count). The number of hydrogen-bond acceptors (Lipinski definition) is 8. The molecular formula is C39H33N3O6S. The molecule has 2 unspecified atom stereocenters. The summed E-state index contributed by atoms with van der Waals surface area (Å²) < 4.78 is 13.0. The molecule has 1 aliphatic carbocycles. The van der Waals surface area contributed by atoms with Crippen LogP contribution in [0.5, 0.6) is 0 Å². The van der Waals surface area contributed by atoms with Crippen LogP contribution in [0.15, 0.2) is 126 Å². The van der Waals surface area contributed by atoms with E-state index < -0.39 is 40.0 Å². The van der Waals surface area contributed by atoms with Gasteiger partial charge in [-0.25, -0.2) is 14.4 Å². The van der Waals surface area contributed by atoms with Crippen molar-refractivity contribution in [3.05, 3.63) is 143 Å². The van der Waals surface area contributed by atoms with Gasteiger partial charge in [-0.15, -0.1) is 11.8 Å². The number of nitrogens with one attached hydrogen (secondary N) is 1. The molecule has 4 aromatic carbocycles. The van der Waals surface area contributed by atoms with Crippen LogP contribution in [0, 0.1) is 5.92 Å². The smallest absolute Gasteiger partial charge is 0.350 e. The lowest BCUT2D eigenvalue weighted by molar-refractivity contribution is -0.114. The lowest BCUT2D eigenvalue weighted by Gasteiger charge is -2.23. The van der Waals surface area contributed by atoms with Crippen LogP contribution in [-0.4, -0.2) is 44.4 Å². The molecule has 2 heterocycles. The number of rotatable bonds is 8. The molecule has 9 nitrogen and oxygen atoms in total. The third kappa shape index (κ3) is 6.51. The van der Waals surface area contributed by atoms with Crippen molar-refractivity contribution in [1.29, 1.82) is 0 Å². The van der Waals surface area contributed by atoms with Gasteiger partial charge in [0.25, 0.3) is 0 Å². The van der Waals surface area contributed by atoms with Crippen molar-refractivity contribution in [3.8, 4) is 22.3 Å². The molecule has 5 atom stereocenters. The van der Waals surface area contributed by atoms with E-state index in [0.717, 1.165) is 22.3 Å². The highest BCUT2D eigenvalue weighted by molar-refractivity contribution is 8.01. The second-order valence-electron chi connectivity index (χ2n) is 12.3. The van der Waals surface area contributed by atoms with E-state index in [1.165, 1.54) is 23.3 Å². The van der Waals surface area contributed by atoms with Gasteiger partial charge in [-0.1, -0.05) is 91.9 Å². The van der Waals surface area contributed by atoms with Crippen LogP contribution >= 0.6 is 11.8 Å². The number of thioether (sulfide) groups is 1. The van der Waals surface area contributed by atoms with Crippen LogP contribution < -0.4 is 11.0 Å².